The highest BCUT2D eigenvalue weighted by Crippen LogP contribution is 2.49. The van der Waals surface area contributed by atoms with Gasteiger partial charge in [0, 0.05) is 50.8 Å². The van der Waals surface area contributed by atoms with Gasteiger partial charge < -0.3 is 15.1 Å². The maximum absolute atomic E-state index is 14.3. The Balaban J connectivity index is 1.49. The second kappa shape index (κ2) is 8.21. The SMILES string of the molecule is Nc1c2ccc(C3=NOC(c4cc(Cl)cc(Cl)c4)(C(F)(F)F)C3)cc2cn1Cc1ccccn1. The van der Waals surface area contributed by atoms with Crippen LogP contribution in [0, 0.1) is 0 Å². The molecule has 4 aromatic rings. The van der Waals surface area contributed by atoms with E-state index in [4.69, 9.17) is 33.8 Å². The van der Waals surface area contributed by atoms with Crippen molar-refractivity contribution in [2.75, 3.05) is 5.73 Å². The quantitative estimate of drug-likeness (QED) is 0.342. The molecular weight excluding hydrogens is 488 g/mol. The van der Waals surface area contributed by atoms with E-state index in [0.717, 1.165) is 16.5 Å². The van der Waals surface area contributed by atoms with Crippen LogP contribution in [-0.2, 0) is 17.0 Å². The summed E-state index contributed by atoms with van der Waals surface area (Å²) in [6.45, 7) is 0.466. The van der Waals surface area contributed by atoms with Gasteiger partial charge in [0.05, 0.1) is 18.0 Å². The number of benzene rings is 2. The highest BCUT2D eigenvalue weighted by Gasteiger charge is 2.62. The average molecular weight is 505 g/mol. The van der Waals surface area contributed by atoms with Gasteiger partial charge in [-0.05, 0) is 36.4 Å². The zero-order chi connectivity index (χ0) is 24.1. The lowest BCUT2D eigenvalue weighted by atomic mass is 9.86. The second-order valence-electron chi connectivity index (χ2n) is 8.05. The number of oxime groups is 1. The van der Waals surface area contributed by atoms with E-state index in [1.54, 1.807) is 24.4 Å². The lowest BCUT2D eigenvalue weighted by Gasteiger charge is -2.29. The van der Waals surface area contributed by atoms with Crippen LogP contribution >= 0.6 is 23.2 Å². The van der Waals surface area contributed by atoms with E-state index >= 15 is 0 Å². The number of halogens is 5. The molecule has 0 saturated carbocycles. The number of aromatic nitrogens is 2. The highest BCUT2D eigenvalue weighted by atomic mass is 35.5. The first-order valence-corrected chi connectivity index (χ1v) is 11.0. The van der Waals surface area contributed by atoms with E-state index in [-0.39, 0.29) is 21.3 Å². The topological polar surface area (TPSA) is 65.4 Å². The van der Waals surface area contributed by atoms with Gasteiger partial charge in [-0.15, -0.1) is 0 Å². The summed E-state index contributed by atoms with van der Waals surface area (Å²) in [4.78, 5) is 9.40. The molecule has 1 aliphatic heterocycles. The molecule has 0 saturated heterocycles. The normalized spacial score (nSPS) is 18.2. The zero-order valence-corrected chi connectivity index (χ0v) is 19.0. The van der Waals surface area contributed by atoms with Crippen molar-refractivity contribution in [3.8, 4) is 0 Å². The minimum Gasteiger partial charge on any atom is -0.385 e. The lowest BCUT2D eigenvalue weighted by Crippen LogP contribution is -2.42. The number of hydrogen-bond donors (Lipinski definition) is 1. The Bertz CT molecular complexity index is 1400. The Morgan fingerprint density at radius 1 is 1.06 bits per heavy atom. The van der Waals surface area contributed by atoms with Crippen molar-refractivity contribution in [1.29, 1.82) is 0 Å². The van der Waals surface area contributed by atoms with Crippen LogP contribution in [0.2, 0.25) is 10.0 Å². The Labute approximate surface area is 202 Å². The number of rotatable bonds is 4. The molecule has 0 radical (unpaired) electrons. The summed E-state index contributed by atoms with van der Waals surface area (Å²) in [6.07, 6.45) is -1.74. The molecule has 174 valence electrons. The van der Waals surface area contributed by atoms with Crippen LogP contribution in [0.4, 0.5) is 19.0 Å². The van der Waals surface area contributed by atoms with E-state index in [1.807, 2.05) is 29.0 Å². The van der Waals surface area contributed by atoms with Gasteiger partial charge >= 0.3 is 6.18 Å². The molecule has 0 aliphatic carbocycles. The van der Waals surface area contributed by atoms with E-state index in [9.17, 15) is 13.2 Å². The third-order valence-corrected chi connectivity index (χ3v) is 6.27. The third-order valence-electron chi connectivity index (χ3n) is 5.84. The van der Waals surface area contributed by atoms with Crippen LogP contribution in [0.5, 0.6) is 0 Å². The molecule has 1 atom stereocenters. The molecule has 1 unspecified atom stereocenters. The summed E-state index contributed by atoms with van der Waals surface area (Å²) < 4.78 is 44.6. The predicted octanol–water partition coefficient (Wildman–Crippen LogP) is 6.56. The molecule has 0 spiro atoms. The number of hydrogen-bond acceptors (Lipinski definition) is 4. The number of anilines is 1. The molecular formula is C24H17Cl2F3N4O. The van der Waals surface area contributed by atoms with Gasteiger partial charge in [-0.25, -0.2) is 0 Å². The fraction of sp³-hybridized carbons (Fsp3) is 0.167. The molecule has 0 amide bonds. The van der Waals surface area contributed by atoms with E-state index < -0.39 is 18.2 Å². The fourth-order valence-corrected chi connectivity index (χ4v) is 4.64. The van der Waals surface area contributed by atoms with Crippen molar-refractivity contribution in [3.63, 3.8) is 0 Å². The zero-order valence-electron chi connectivity index (χ0n) is 17.5. The van der Waals surface area contributed by atoms with E-state index in [1.165, 1.54) is 18.2 Å². The Morgan fingerprint density at radius 2 is 1.82 bits per heavy atom. The summed E-state index contributed by atoms with van der Waals surface area (Å²) in [5, 5.41) is 5.53. The first-order chi connectivity index (χ1) is 16.2. The summed E-state index contributed by atoms with van der Waals surface area (Å²) in [5.41, 5.74) is 4.90. The van der Waals surface area contributed by atoms with Crippen LogP contribution in [0.25, 0.3) is 10.8 Å². The average Bonchev–Trinajstić information content (AvgIpc) is 3.37. The first-order valence-electron chi connectivity index (χ1n) is 10.2. The van der Waals surface area contributed by atoms with Crippen LogP contribution in [0.3, 0.4) is 0 Å². The fourth-order valence-electron chi connectivity index (χ4n) is 4.12. The molecule has 1 aliphatic rings. The van der Waals surface area contributed by atoms with Gasteiger partial charge in [0.2, 0.25) is 0 Å². The van der Waals surface area contributed by atoms with Gasteiger partial charge in [-0.2, -0.15) is 13.2 Å². The number of fused-ring (bicyclic) bond motifs is 1. The van der Waals surface area contributed by atoms with Crippen LogP contribution in [0.15, 0.2) is 72.1 Å². The van der Waals surface area contributed by atoms with Gasteiger partial charge in [0.25, 0.3) is 5.60 Å². The monoisotopic (exact) mass is 504 g/mol. The van der Waals surface area contributed by atoms with Crippen molar-refractivity contribution < 1.29 is 18.0 Å². The Hall–Kier alpha value is -3.23. The second-order valence-corrected chi connectivity index (χ2v) is 8.93. The predicted molar refractivity (Wildman–Crippen MR) is 126 cm³/mol. The van der Waals surface area contributed by atoms with Gasteiger partial charge in [0.15, 0.2) is 0 Å². The van der Waals surface area contributed by atoms with Gasteiger partial charge in [-0.1, -0.05) is 46.6 Å². The number of nitrogen functional groups attached to an aromatic ring is 1. The van der Waals surface area contributed by atoms with E-state index in [0.29, 0.717) is 17.9 Å². The molecule has 10 heteroatoms. The maximum Gasteiger partial charge on any atom is 0.435 e. The Morgan fingerprint density at radius 3 is 2.50 bits per heavy atom. The van der Waals surface area contributed by atoms with Crippen LogP contribution < -0.4 is 5.73 Å². The summed E-state index contributed by atoms with van der Waals surface area (Å²) in [7, 11) is 0. The van der Waals surface area contributed by atoms with Crippen molar-refractivity contribution >= 4 is 45.5 Å². The summed E-state index contributed by atoms with van der Waals surface area (Å²) >= 11 is 11.9. The van der Waals surface area contributed by atoms with Crippen LogP contribution in [0.1, 0.15) is 23.2 Å². The van der Waals surface area contributed by atoms with Crippen molar-refractivity contribution in [2.45, 2.75) is 24.7 Å². The molecule has 0 fully saturated rings. The van der Waals surface area contributed by atoms with Crippen molar-refractivity contribution in [1.82, 2.24) is 9.55 Å². The minimum absolute atomic E-state index is 0.0781. The van der Waals surface area contributed by atoms with E-state index in [2.05, 4.69) is 10.1 Å². The Kier molecular flexibility index (Phi) is 5.45. The minimum atomic E-state index is -4.76. The van der Waals surface area contributed by atoms with Crippen LogP contribution in [-0.4, -0.2) is 21.4 Å². The molecule has 2 aromatic heterocycles. The molecule has 0 bridgehead atoms. The maximum atomic E-state index is 14.3. The molecule has 2 N–H and O–H groups in total. The number of pyridine rings is 1. The smallest absolute Gasteiger partial charge is 0.385 e. The standard InChI is InChI=1S/C24H17Cl2F3N4O/c25-17-8-16(9-18(26)10-17)23(24(27,28)29)11-21(32-34-23)14-4-5-20-15(7-14)12-33(22(20)30)13-19-3-1-2-6-31-19/h1-10,12H,11,13,30H2. The molecule has 3 heterocycles. The largest absolute Gasteiger partial charge is 0.435 e. The lowest BCUT2D eigenvalue weighted by molar-refractivity contribution is -0.275. The molecule has 5 rings (SSSR count). The number of nitrogens with two attached hydrogens (primary N) is 1. The van der Waals surface area contributed by atoms with Gasteiger partial charge in [-0.3, -0.25) is 4.98 Å². The van der Waals surface area contributed by atoms with Gasteiger partial charge in [0.1, 0.15) is 5.82 Å². The molecule has 34 heavy (non-hydrogen) atoms. The third kappa shape index (κ3) is 3.86. The summed E-state index contributed by atoms with van der Waals surface area (Å²) in [5.74, 6) is 0.537. The first kappa shape index (κ1) is 22.6. The van der Waals surface area contributed by atoms with Crippen molar-refractivity contribution in [2.24, 2.45) is 5.16 Å². The highest BCUT2D eigenvalue weighted by molar-refractivity contribution is 6.34. The molecule has 5 nitrogen and oxygen atoms in total. The van der Waals surface area contributed by atoms with Crippen molar-refractivity contribution in [3.05, 3.63) is 93.9 Å². The summed E-state index contributed by atoms with van der Waals surface area (Å²) in [6, 6.07) is 14.6. The number of nitrogens with zero attached hydrogens (tertiary/aromatic N) is 3. The number of alkyl halides is 3. The molecule has 2 aromatic carbocycles.